The monoisotopic (exact) mass is 501 g/mol. The number of benzene rings is 2. The summed E-state index contributed by atoms with van der Waals surface area (Å²) in [5.41, 5.74) is 1.50. The van der Waals surface area contributed by atoms with Gasteiger partial charge in [0.15, 0.2) is 10.7 Å². The van der Waals surface area contributed by atoms with Crippen LogP contribution in [0.15, 0.2) is 51.9 Å². The summed E-state index contributed by atoms with van der Waals surface area (Å²) in [7, 11) is -4.05. The molecule has 35 heavy (non-hydrogen) atoms. The highest BCUT2D eigenvalue weighted by Gasteiger charge is 2.37. The summed E-state index contributed by atoms with van der Waals surface area (Å²) in [6.07, 6.45) is 3.80. The van der Waals surface area contributed by atoms with Gasteiger partial charge in [0.25, 0.3) is 0 Å². The maximum Gasteiger partial charge on any atom is 0.248 e. The van der Waals surface area contributed by atoms with Crippen LogP contribution in [0.25, 0.3) is 12.2 Å². The van der Waals surface area contributed by atoms with Gasteiger partial charge in [-0.3, -0.25) is 4.79 Å². The second kappa shape index (κ2) is 10.1. The maximum absolute atomic E-state index is 14.0. The Morgan fingerprint density at radius 3 is 2.69 bits per heavy atom. The van der Waals surface area contributed by atoms with E-state index in [0.29, 0.717) is 24.1 Å². The molecule has 0 bridgehead atoms. The van der Waals surface area contributed by atoms with Crippen molar-refractivity contribution in [1.82, 2.24) is 9.46 Å². The summed E-state index contributed by atoms with van der Waals surface area (Å²) < 4.78 is 60.9. The number of anilines is 1. The zero-order valence-corrected chi connectivity index (χ0v) is 20.1. The molecule has 1 aliphatic heterocycles. The van der Waals surface area contributed by atoms with Crippen molar-refractivity contribution >= 4 is 33.8 Å². The Hall–Kier alpha value is -3.37. The largest absolute Gasteiger partial charge is 0.355 e. The van der Waals surface area contributed by atoms with Crippen molar-refractivity contribution in [2.24, 2.45) is 5.92 Å². The second-order valence-electron chi connectivity index (χ2n) is 8.47. The fraction of sp³-hybridized carbons (Fsp3) is 0.280. The van der Waals surface area contributed by atoms with Crippen LogP contribution in [-0.4, -0.2) is 36.9 Å². The van der Waals surface area contributed by atoms with E-state index in [-0.39, 0.29) is 40.9 Å². The fourth-order valence-corrected chi connectivity index (χ4v) is 5.85. The lowest BCUT2D eigenvalue weighted by molar-refractivity contribution is -0.120. The number of rotatable bonds is 6. The minimum Gasteiger partial charge on any atom is -0.355 e. The Labute approximate surface area is 202 Å². The Balaban J connectivity index is 1.54. The van der Waals surface area contributed by atoms with Crippen LogP contribution in [0.3, 0.4) is 0 Å². The third kappa shape index (κ3) is 5.33. The summed E-state index contributed by atoms with van der Waals surface area (Å²) in [6.45, 7) is 3.42. The van der Waals surface area contributed by atoms with Crippen molar-refractivity contribution in [2.45, 2.75) is 31.6 Å². The molecule has 2 aromatic carbocycles. The smallest absolute Gasteiger partial charge is 0.248 e. The molecule has 1 amide bonds. The number of nitrogens with one attached hydrogen (secondary N) is 1. The summed E-state index contributed by atoms with van der Waals surface area (Å²) in [5.74, 6) is -1.79. The Bertz CT molecular complexity index is 1390. The minimum absolute atomic E-state index is 0.0146. The molecule has 1 saturated heterocycles. The quantitative estimate of drug-likeness (QED) is 0.525. The van der Waals surface area contributed by atoms with Crippen LogP contribution in [0.5, 0.6) is 0 Å². The molecular weight excluding hydrogens is 476 g/mol. The summed E-state index contributed by atoms with van der Waals surface area (Å²) in [4.78, 5) is 12.8. The summed E-state index contributed by atoms with van der Waals surface area (Å²) >= 11 is 0. The van der Waals surface area contributed by atoms with E-state index in [1.165, 1.54) is 47.6 Å². The zero-order chi connectivity index (χ0) is 25.2. The third-order valence-corrected chi connectivity index (χ3v) is 7.98. The van der Waals surface area contributed by atoms with Crippen LogP contribution >= 0.6 is 0 Å². The van der Waals surface area contributed by atoms with Gasteiger partial charge in [0, 0.05) is 24.3 Å². The molecular formula is C25H25F2N3O4S. The van der Waals surface area contributed by atoms with Gasteiger partial charge in [0.2, 0.25) is 15.9 Å². The molecule has 1 aromatic heterocycles. The second-order valence-corrected chi connectivity index (χ2v) is 10.3. The lowest BCUT2D eigenvalue weighted by atomic mass is 9.98. The molecule has 0 radical (unpaired) electrons. The van der Waals surface area contributed by atoms with E-state index in [1.54, 1.807) is 25.1 Å². The van der Waals surface area contributed by atoms with E-state index < -0.39 is 27.6 Å². The van der Waals surface area contributed by atoms with Crippen LogP contribution in [0.4, 0.5) is 14.5 Å². The van der Waals surface area contributed by atoms with Gasteiger partial charge in [0.05, 0.1) is 5.92 Å². The highest BCUT2D eigenvalue weighted by molar-refractivity contribution is 7.89. The van der Waals surface area contributed by atoms with E-state index in [2.05, 4.69) is 10.5 Å². The van der Waals surface area contributed by atoms with Gasteiger partial charge in [-0.05, 0) is 68.7 Å². The van der Waals surface area contributed by atoms with Crippen LogP contribution in [0, 0.1) is 31.4 Å². The lowest BCUT2D eigenvalue weighted by Gasteiger charge is -2.31. The van der Waals surface area contributed by atoms with Crippen molar-refractivity contribution in [3.05, 3.63) is 76.7 Å². The molecule has 1 aliphatic rings. The SMILES string of the molecule is Cc1cc(F)ccc1NC(=O)C1CCCN(S(=O)(=O)c2c(C)noc2C=Cc2ccccc2F)C1. The highest BCUT2D eigenvalue weighted by Crippen LogP contribution is 2.30. The van der Waals surface area contributed by atoms with E-state index in [1.807, 2.05) is 0 Å². The standard InChI is InChI=1S/C25H25F2N3O4S/c1-16-14-20(26)10-11-22(16)28-25(31)19-7-5-13-30(15-19)35(32,33)24-17(2)29-34-23(24)12-9-18-6-3-4-8-21(18)27/h3-4,6,8-12,14,19H,5,7,13,15H2,1-2H3,(H,28,31). The van der Waals surface area contributed by atoms with E-state index >= 15 is 0 Å². The van der Waals surface area contributed by atoms with E-state index in [9.17, 15) is 22.0 Å². The molecule has 10 heteroatoms. The molecule has 1 N–H and O–H groups in total. The first-order valence-corrected chi connectivity index (χ1v) is 12.6. The van der Waals surface area contributed by atoms with E-state index in [4.69, 9.17) is 4.52 Å². The molecule has 0 saturated carbocycles. The molecule has 0 spiro atoms. The Kier molecular flexibility index (Phi) is 7.13. The van der Waals surface area contributed by atoms with Gasteiger partial charge in [-0.25, -0.2) is 17.2 Å². The summed E-state index contributed by atoms with van der Waals surface area (Å²) in [5, 5.41) is 6.58. The van der Waals surface area contributed by atoms with Gasteiger partial charge in [0.1, 0.15) is 17.3 Å². The summed E-state index contributed by atoms with van der Waals surface area (Å²) in [6, 6.07) is 10.1. The maximum atomic E-state index is 14.0. The number of amides is 1. The predicted octanol–water partition coefficient (Wildman–Crippen LogP) is 4.78. The first-order chi connectivity index (χ1) is 16.7. The third-order valence-electron chi connectivity index (χ3n) is 5.95. The Morgan fingerprint density at radius 1 is 1.17 bits per heavy atom. The number of carbonyl (C=O) groups is 1. The number of halogens is 2. The van der Waals surface area contributed by atoms with Gasteiger partial charge in [-0.15, -0.1) is 0 Å². The van der Waals surface area contributed by atoms with Crippen LogP contribution in [-0.2, 0) is 14.8 Å². The van der Waals surface area contributed by atoms with Crippen molar-refractivity contribution in [2.75, 3.05) is 18.4 Å². The average Bonchev–Trinajstić information content (AvgIpc) is 3.21. The molecule has 0 aliphatic carbocycles. The predicted molar refractivity (Wildman–Crippen MR) is 128 cm³/mol. The van der Waals surface area contributed by atoms with Gasteiger partial charge in [-0.2, -0.15) is 4.31 Å². The Morgan fingerprint density at radius 2 is 1.94 bits per heavy atom. The number of nitrogens with zero attached hydrogens (tertiary/aromatic N) is 2. The number of hydrogen-bond acceptors (Lipinski definition) is 5. The highest BCUT2D eigenvalue weighted by atomic mass is 32.2. The van der Waals surface area contributed by atoms with Crippen molar-refractivity contribution in [3.63, 3.8) is 0 Å². The van der Waals surface area contributed by atoms with Crippen LogP contribution < -0.4 is 5.32 Å². The molecule has 3 aromatic rings. The molecule has 2 heterocycles. The first kappa shape index (κ1) is 24.7. The molecule has 1 fully saturated rings. The minimum atomic E-state index is -4.05. The number of aryl methyl sites for hydroxylation is 2. The van der Waals surface area contributed by atoms with Crippen molar-refractivity contribution < 1.29 is 26.5 Å². The zero-order valence-electron chi connectivity index (χ0n) is 19.3. The number of aromatic nitrogens is 1. The van der Waals surface area contributed by atoms with Gasteiger partial charge in [-0.1, -0.05) is 23.4 Å². The average molecular weight is 502 g/mol. The normalized spacial score (nSPS) is 17.1. The number of sulfonamides is 1. The number of carbonyl (C=O) groups excluding carboxylic acids is 1. The molecule has 7 nitrogen and oxygen atoms in total. The molecule has 1 atom stereocenters. The van der Waals surface area contributed by atoms with Crippen molar-refractivity contribution in [3.8, 4) is 0 Å². The lowest BCUT2D eigenvalue weighted by Crippen LogP contribution is -2.44. The van der Waals surface area contributed by atoms with Crippen LogP contribution in [0.2, 0.25) is 0 Å². The molecule has 1 unspecified atom stereocenters. The van der Waals surface area contributed by atoms with Crippen LogP contribution in [0.1, 0.15) is 35.4 Å². The van der Waals surface area contributed by atoms with Gasteiger partial charge < -0.3 is 9.84 Å². The van der Waals surface area contributed by atoms with Crippen molar-refractivity contribution in [1.29, 1.82) is 0 Å². The molecule has 184 valence electrons. The topological polar surface area (TPSA) is 92.5 Å². The number of piperidine rings is 1. The molecule has 4 rings (SSSR count). The number of hydrogen-bond donors (Lipinski definition) is 1. The van der Waals surface area contributed by atoms with Gasteiger partial charge >= 0.3 is 0 Å². The van der Waals surface area contributed by atoms with E-state index in [0.717, 1.165) is 0 Å². The first-order valence-electron chi connectivity index (χ1n) is 11.1. The fourth-order valence-electron chi connectivity index (χ4n) is 4.08.